The Balaban J connectivity index is 1.19. The monoisotopic (exact) mass is 469 g/mol. The zero-order valence-electron chi connectivity index (χ0n) is 19.8. The number of methoxy groups -OCH3 is 1. The fourth-order valence-corrected chi connectivity index (χ4v) is 8.28. The van der Waals surface area contributed by atoms with E-state index in [0.717, 1.165) is 24.7 Å². The largest absolute Gasteiger partial charge is 0.479 e. The van der Waals surface area contributed by atoms with Crippen LogP contribution in [0.1, 0.15) is 68.1 Å². The van der Waals surface area contributed by atoms with Gasteiger partial charge in [0.2, 0.25) is 5.88 Å². The molecule has 1 aromatic heterocycles. The minimum absolute atomic E-state index is 0.133. The lowest BCUT2D eigenvalue weighted by Gasteiger charge is -2.70. The highest BCUT2D eigenvalue weighted by Gasteiger charge is 2.77. The molecule has 5 fully saturated rings. The first-order chi connectivity index (χ1) is 16.5. The molecule has 34 heavy (non-hydrogen) atoms. The van der Waals surface area contributed by atoms with Crippen LogP contribution in [0.2, 0.25) is 0 Å². The maximum absolute atomic E-state index is 13.4. The van der Waals surface area contributed by atoms with Gasteiger partial charge < -0.3 is 19.9 Å². The maximum Gasteiger partial charge on any atom is 0.336 e. The van der Waals surface area contributed by atoms with Gasteiger partial charge in [-0.25, -0.2) is 9.48 Å². The number of amides is 1. The van der Waals surface area contributed by atoms with Crippen LogP contribution in [0, 0.1) is 35.0 Å². The van der Waals surface area contributed by atoms with Crippen LogP contribution < -0.4 is 10.1 Å². The molecular formula is C26H35N3O5. The van der Waals surface area contributed by atoms with Crippen LogP contribution in [-0.4, -0.2) is 52.6 Å². The first kappa shape index (κ1) is 22.1. The van der Waals surface area contributed by atoms with Crippen molar-refractivity contribution >= 4 is 18.1 Å². The molecule has 6 rings (SSSR count). The van der Waals surface area contributed by atoms with E-state index >= 15 is 0 Å². The molecule has 2 bridgehead atoms. The first-order valence-corrected chi connectivity index (χ1v) is 13.0. The van der Waals surface area contributed by atoms with Crippen molar-refractivity contribution in [3.05, 3.63) is 17.8 Å². The number of carboxylic acids is 1. The fourth-order valence-electron chi connectivity index (χ4n) is 8.28. The molecule has 5 aliphatic rings. The Morgan fingerprint density at radius 1 is 1.26 bits per heavy atom. The predicted octanol–water partition coefficient (Wildman–Crippen LogP) is 3.58. The third kappa shape index (κ3) is 3.32. The van der Waals surface area contributed by atoms with Crippen LogP contribution in [-0.2, 0) is 9.53 Å². The standard InChI is InChI=1S/C26H35N3O5/c1-33-21(25(31)32)7-8-29-24(34-14-15-5-3-2-4-6-15)18(13-27-29)23(30)28-22-19-10-16-9-17-11-20(22)26(17,19)12-16/h7-8,13,15-17,19-22H,2-6,9-12,14H2,1H3,(H,28,30)(H,31,32)/b8-7+. The Kier molecular flexibility index (Phi) is 5.47. The highest BCUT2D eigenvalue weighted by molar-refractivity contribution is 5.96. The molecular weight excluding hydrogens is 434 g/mol. The van der Waals surface area contributed by atoms with Crippen molar-refractivity contribution in [1.82, 2.24) is 15.1 Å². The predicted molar refractivity (Wildman–Crippen MR) is 124 cm³/mol. The van der Waals surface area contributed by atoms with Crippen molar-refractivity contribution in [3.63, 3.8) is 0 Å². The van der Waals surface area contributed by atoms with Gasteiger partial charge in [0.05, 0.1) is 12.8 Å². The van der Waals surface area contributed by atoms with E-state index in [9.17, 15) is 14.7 Å². The van der Waals surface area contributed by atoms with Gasteiger partial charge in [-0.1, -0.05) is 19.3 Å². The van der Waals surface area contributed by atoms with Crippen LogP contribution in [0.4, 0.5) is 0 Å². The number of carbonyl (C=O) groups is 2. The first-order valence-electron chi connectivity index (χ1n) is 13.0. The van der Waals surface area contributed by atoms with E-state index in [1.54, 1.807) is 0 Å². The highest BCUT2D eigenvalue weighted by Crippen LogP contribution is 2.81. The summed E-state index contributed by atoms with van der Waals surface area (Å²) in [5.41, 5.74) is 0.965. The summed E-state index contributed by atoms with van der Waals surface area (Å²) >= 11 is 0. The quantitative estimate of drug-likeness (QED) is 0.573. The summed E-state index contributed by atoms with van der Waals surface area (Å²) in [5, 5.41) is 17.0. The Hall–Kier alpha value is -2.35. The molecule has 7 atom stereocenters. The second-order valence-corrected chi connectivity index (χ2v) is 11.3. The van der Waals surface area contributed by atoms with Gasteiger partial charge in [0.15, 0.2) is 6.10 Å². The van der Waals surface area contributed by atoms with Crippen LogP contribution in [0.3, 0.4) is 0 Å². The van der Waals surface area contributed by atoms with E-state index < -0.39 is 12.1 Å². The number of ether oxygens (including phenoxy) is 2. The molecule has 0 aliphatic heterocycles. The molecule has 5 saturated carbocycles. The molecule has 1 spiro atoms. The number of carbonyl (C=O) groups excluding carboxylic acids is 1. The van der Waals surface area contributed by atoms with Gasteiger partial charge >= 0.3 is 5.97 Å². The average molecular weight is 470 g/mol. The minimum Gasteiger partial charge on any atom is -0.479 e. The molecule has 2 N–H and O–H groups in total. The van der Waals surface area contributed by atoms with Crippen LogP contribution >= 0.6 is 0 Å². The second-order valence-electron chi connectivity index (χ2n) is 11.3. The molecule has 0 saturated heterocycles. The lowest BCUT2D eigenvalue weighted by molar-refractivity contribution is -0.199. The molecule has 1 aromatic rings. The average Bonchev–Trinajstić information content (AvgIpc) is 3.49. The van der Waals surface area contributed by atoms with Crippen molar-refractivity contribution in [2.45, 2.75) is 69.9 Å². The number of hydrogen-bond acceptors (Lipinski definition) is 5. The maximum atomic E-state index is 13.4. The Morgan fingerprint density at radius 2 is 2.06 bits per heavy atom. The number of nitrogens with one attached hydrogen (secondary N) is 1. The summed E-state index contributed by atoms with van der Waals surface area (Å²) < 4.78 is 12.7. The SMILES string of the molecule is COC(/C=C/n1ncc(C(=O)NC2C3CC4CC5CC2C53C4)c1OCC1CCCCC1)C(=O)O. The Labute approximate surface area is 200 Å². The highest BCUT2D eigenvalue weighted by atomic mass is 16.5. The number of rotatable bonds is 9. The van der Waals surface area contributed by atoms with Gasteiger partial charge in [0.25, 0.3) is 5.91 Å². The normalized spacial score (nSPS) is 36.6. The van der Waals surface area contributed by atoms with Gasteiger partial charge in [0, 0.05) is 19.4 Å². The van der Waals surface area contributed by atoms with Gasteiger partial charge in [0.1, 0.15) is 5.56 Å². The summed E-state index contributed by atoms with van der Waals surface area (Å²) in [4.78, 5) is 24.7. The van der Waals surface area contributed by atoms with E-state index in [-0.39, 0.29) is 11.9 Å². The number of fused-ring (bicyclic) bond motifs is 1. The van der Waals surface area contributed by atoms with Crippen molar-refractivity contribution in [2.75, 3.05) is 13.7 Å². The molecule has 8 nitrogen and oxygen atoms in total. The number of carboxylic acid groups (broad SMARTS) is 1. The molecule has 184 valence electrons. The molecule has 5 aliphatic carbocycles. The number of aromatic nitrogens is 2. The van der Waals surface area contributed by atoms with E-state index in [4.69, 9.17) is 9.47 Å². The fraction of sp³-hybridized carbons (Fsp3) is 0.731. The Bertz CT molecular complexity index is 999. The summed E-state index contributed by atoms with van der Waals surface area (Å²) in [6, 6.07) is 0.268. The summed E-state index contributed by atoms with van der Waals surface area (Å²) in [6.07, 6.45) is 14.6. The summed E-state index contributed by atoms with van der Waals surface area (Å²) in [7, 11) is 1.34. The number of hydrogen-bond donors (Lipinski definition) is 2. The van der Waals surface area contributed by atoms with E-state index in [0.29, 0.717) is 41.2 Å². The summed E-state index contributed by atoms with van der Waals surface area (Å²) in [6.45, 7) is 0.535. The zero-order valence-corrected chi connectivity index (χ0v) is 19.8. The van der Waals surface area contributed by atoms with Crippen molar-refractivity contribution in [1.29, 1.82) is 0 Å². The van der Waals surface area contributed by atoms with Crippen molar-refractivity contribution in [3.8, 4) is 5.88 Å². The van der Waals surface area contributed by atoms with Crippen LogP contribution in [0.5, 0.6) is 5.88 Å². The summed E-state index contributed by atoms with van der Waals surface area (Å²) in [5.74, 6) is 2.68. The smallest absolute Gasteiger partial charge is 0.336 e. The molecule has 7 unspecified atom stereocenters. The van der Waals surface area contributed by atoms with Crippen LogP contribution in [0.25, 0.3) is 6.20 Å². The zero-order chi connectivity index (χ0) is 23.4. The third-order valence-corrected chi connectivity index (χ3v) is 9.77. The minimum atomic E-state index is -1.09. The van der Waals surface area contributed by atoms with Gasteiger partial charge in [-0.15, -0.1) is 0 Å². The van der Waals surface area contributed by atoms with E-state index in [1.807, 2.05) is 0 Å². The number of aliphatic carboxylic acids is 1. The lowest BCUT2D eigenvalue weighted by atomic mass is 9.36. The molecule has 0 aromatic carbocycles. The lowest BCUT2D eigenvalue weighted by Crippen LogP contribution is -2.73. The van der Waals surface area contributed by atoms with Gasteiger partial charge in [-0.3, -0.25) is 4.79 Å². The number of nitrogens with zero attached hydrogens (tertiary/aromatic N) is 2. The Morgan fingerprint density at radius 3 is 2.79 bits per heavy atom. The molecule has 8 heteroatoms. The van der Waals surface area contributed by atoms with E-state index in [1.165, 1.54) is 75.2 Å². The molecule has 0 radical (unpaired) electrons. The second kappa shape index (κ2) is 8.40. The van der Waals surface area contributed by atoms with E-state index in [2.05, 4.69) is 10.4 Å². The topological polar surface area (TPSA) is 103 Å². The van der Waals surface area contributed by atoms with Crippen molar-refractivity contribution in [2.24, 2.45) is 35.0 Å². The third-order valence-electron chi connectivity index (χ3n) is 9.77. The van der Waals surface area contributed by atoms with Gasteiger partial charge in [-0.2, -0.15) is 5.10 Å². The van der Waals surface area contributed by atoms with Gasteiger partial charge in [-0.05, 0) is 79.6 Å². The van der Waals surface area contributed by atoms with Crippen LogP contribution in [0.15, 0.2) is 12.3 Å². The molecule has 1 heterocycles. The van der Waals surface area contributed by atoms with Crippen molar-refractivity contribution < 1.29 is 24.2 Å². The molecule has 1 amide bonds.